The number of nitrogens with one attached hydrogen (secondary N) is 2. The molecule has 0 aliphatic carbocycles. The summed E-state index contributed by atoms with van der Waals surface area (Å²) >= 11 is 0. The molecule has 0 heterocycles. The fraction of sp³-hybridized carbons (Fsp3) is 0.286. The van der Waals surface area contributed by atoms with Gasteiger partial charge in [-0.15, -0.1) is 0 Å². The molecule has 0 bridgehead atoms. The number of aliphatic hydroxyl groups is 1. The van der Waals surface area contributed by atoms with Crippen molar-refractivity contribution >= 4 is 11.8 Å². The Labute approximate surface area is 116 Å². The van der Waals surface area contributed by atoms with E-state index in [2.05, 4.69) is 22.5 Å². The lowest BCUT2D eigenvalue weighted by Gasteiger charge is -2.13. The zero-order valence-electron chi connectivity index (χ0n) is 11.2. The summed E-state index contributed by atoms with van der Waals surface area (Å²) in [6, 6.07) is 2.78. The molecule has 0 radical (unpaired) electrons. The van der Waals surface area contributed by atoms with Crippen LogP contribution in [0.25, 0.3) is 0 Å². The highest BCUT2D eigenvalue weighted by Crippen LogP contribution is 2.10. The van der Waals surface area contributed by atoms with Crippen LogP contribution in [0.15, 0.2) is 18.2 Å². The summed E-state index contributed by atoms with van der Waals surface area (Å²) in [5.74, 6) is 3.43. The van der Waals surface area contributed by atoms with Crippen LogP contribution in [-0.4, -0.2) is 36.6 Å². The molecule has 6 heteroatoms. The number of halogens is 1. The van der Waals surface area contributed by atoms with Crippen molar-refractivity contribution in [2.75, 3.05) is 13.7 Å². The van der Waals surface area contributed by atoms with E-state index in [1.54, 1.807) is 0 Å². The molecule has 2 amide bonds. The van der Waals surface area contributed by atoms with Gasteiger partial charge in [0.25, 0.3) is 5.91 Å². The van der Waals surface area contributed by atoms with Crippen LogP contribution in [0.1, 0.15) is 22.8 Å². The van der Waals surface area contributed by atoms with Crippen molar-refractivity contribution in [3.8, 4) is 11.8 Å². The van der Waals surface area contributed by atoms with Gasteiger partial charge < -0.3 is 15.7 Å². The Bertz CT molecular complexity index is 576. The van der Waals surface area contributed by atoms with Gasteiger partial charge in [0.05, 0.1) is 5.56 Å². The van der Waals surface area contributed by atoms with Gasteiger partial charge in [-0.1, -0.05) is 11.8 Å². The van der Waals surface area contributed by atoms with Gasteiger partial charge in [-0.05, 0) is 25.1 Å². The second-order valence-corrected chi connectivity index (χ2v) is 3.96. The molecule has 0 aliphatic heterocycles. The van der Waals surface area contributed by atoms with Crippen LogP contribution in [0.3, 0.4) is 0 Å². The molecule has 1 atom stereocenters. The third-order valence-electron chi connectivity index (χ3n) is 2.52. The maximum Gasteiger partial charge on any atom is 0.253 e. The topological polar surface area (TPSA) is 78.4 Å². The number of likely N-dealkylation sites (N-methyl/N-ethyl adjacent to an activating group) is 1. The molecule has 0 saturated carbocycles. The molecular weight excluding hydrogens is 263 g/mol. The van der Waals surface area contributed by atoms with Gasteiger partial charge in [-0.25, -0.2) is 4.39 Å². The minimum Gasteiger partial charge on any atom is -0.384 e. The SMILES string of the molecule is CNC(=O)C(C)NC(=O)c1ccc(F)cc1C#CCO. The van der Waals surface area contributed by atoms with Crippen LogP contribution in [0.5, 0.6) is 0 Å². The zero-order valence-corrected chi connectivity index (χ0v) is 11.2. The number of rotatable bonds is 3. The van der Waals surface area contributed by atoms with Crippen LogP contribution in [0, 0.1) is 17.7 Å². The second kappa shape index (κ2) is 7.26. The standard InChI is InChI=1S/C14H15FN2O3/c1-9(13(19)16-2)17-14(20)12-6-5-11(15)8-10(12)4-3-7-18/h5-6,8-9,18H,7H2,1-2H3,(H,16,19)(H,17,20). The van der Waals surface area contributed by atoms with E-state index in [0.717, 1.165) is 12.1 Å². The molecule has 0 spiro atoms. The largest absolute Gasteiger partial charge is 0.384 e. The fourth-order valence-electron chi connectivity index (χ4n) is 1.51. The van der Waals surface area contributed by atoms with Crippen molar-refractivity contribution < 1.29 is 19.1 Å². The van der Waals surface area contributed by atoms with Crippen molar-refractivity contribution in [2.45, 2.75) is 13.0 Å². The van der Waals surface area contributed by atoms with Gasteiger partial charge in [0, 0.05) is 12.6 Å². The van der Waals surface area contributed by atoms with Gasteiger partial charge in [0.15, 0.2) is 0 Å². The molecule has 1 aromatic carbocycles. The highest BCUT2D eigenvalue weighted by molar-refractivity contribution is 5.99. The Hall–Kier alpha value is -2.39. The summed E-state index contributed by atoms with van der Waals surface area (Å²) < 4.78 is 13.2. The Morgan fingerprint density at radius 1 is 1.45 bits per heavy atom. The quantitative estimate of drug-likeness (QED) is 0.683. The molecule has 0 aromatic heterocycles. The van der Waals surface area contributed by atoms with Crippen molar-refractivity contribution in [3.05, 3.63) is 35.1 Å². The van der Waals surface area contributed by atoms with Crippen LogP contribution in [-0.2, 0) is 4.79 Å². The van der Waals surface area contributed by atoms with E-state index >= 15 is 0 Å². The molecule has 3 N–H and O–H groups in total. The van der Waals surface area contributed by atoms with Gasteiger partial charge in [0.2, 0.25) is 5.91 Å². The van der Waals surface area contributed by atoms with E-state index < -0.39 is 24.4 Å². The molecular formula is C14H15FN2O3. The summed E-state index contributed by atoms with van der Waals surface area (Å²) in [6.07, 6.45) is 0. The predicted octanol–water partition coefficient (Wildman–Crippen LogP) is 0.0338. The first-order chi connectivity index (χ1) is 9.49. The molecule has 1 aromatic rings. The third-order valence-corrected chi connectivity index (χ3v) is 2.52. The molecule has 0 saturated heterocycles. The van der Waals surface area contributed by atoms with Gasteiger partial charge in [-0.3, -0.25) is 9.59 Å². The van der Waals surface area contributed by atoms with Crippen LogP contribution < -0.4 is 10.6 Å². The molecule has 20 heavy (non-hydrogen) atoms. The van der Waals surface area contributed by atoms with E-state index in [0.29, 0.717) is 0 Å². The normalized spacial score (nSPS) is 11.0. The smallest absolute Gasteiger partial charge is 0.253 e. The first kappa shape index (κ1) is 15.7. The minimum atomic E-state index is -0.726. The summed E-state index contributed by atoms with van der Waals surface area (Å²) in [7, 11) is 1.46. The van der Waals surface area contributed by atoms with Crippen LogP contribution in [0.4, 0.5) is 4.39 Å². The maximum atomic E-state index is 13.2. The van der Waals surface area contributed by atoms with Crippen molar-refractivity contribution in [1.82, 2.24) is 10.6 Å². The molecule has 1 unspecified atom stereocenters. The average Bonchev–Trinajstić information content (AvgIpc) is 2.43. The molecule has 0 fully saturated rings. The molecule has 1 rings (SSSR count). The van der Waals surface area contributed by atoms with Gasteiger partial charge >= 0.3 is 0 Å². The first-order valence-corrected chi connectivity index (χ1v) is 5.91. The van der Waals surface area contributed by atoms with Gasteiger partial charge in [-0.2, -0.15) is 0 Å². The Morgan fingerprint density at radius 3 is 2.75 bits per heavy atom. The third kappa shape index (κ3) is 4.07. The van der Waals surface area contributed by atoms with E-state index in [-0.39, 0.29) is 17.0 Å². The Kier molecular flexibility index (Phi) is 5.69. The number of aliphatic hydroxyl groups excluding tert-OH is 1. The van der Waals surface area contributed by atoms with Crippen molar-refractivity contribution in [2.24, 2.45) is 0 Å². The van der Waals surface area contributed by atoms with Gasteiger partial charge in [0.1, 0.15) is 18.5 Å². The van der Waals surface area contributed by atoms with Crippen molar-refractivity contribution in [1.29, 1.82) is 0 Å². The molecule has 106 valence electrons. The lowest BCUT2D eigenvalue weighted by molar-refractivity contribution is -0.122. The maximum absolute atomic E-state index is 13.2. The summed E-state index contributed by atoms with van der Waals surface area (Å²) in [5.41, 5.74) is 0.295. The molecule has 0 aliphatic rings. The van der Waals surface area contributed by atoms with E-state index in [9.17, 15) is 14.0 Å². The van der Waals surface area contributed by atoms with Crippen LogP contribution in [0.2, 0.25) is 0 Å². The monoisotopic (exact) mass is 278 g/mol. The summed E-state index contributed by atoms with van der Waals surface area (Å²) in [6.45, 7) is 1.13. The average molecular weight is 278 g/mol. The lowest BCUT2D eigenvalue weighted by atomic mass is 10.1. The Morgan fingerprint density at radius 2 is 2.15 bits per heavy atom. The highest BCUT2D eigenvalue weighted by atomic mass is 19.1. The van der Waals surface area contributed by atoms with E-state index in [4.69, 9.17) is 5.11 Å². The number of carbonyl (C=O) groups is 2. The number of hydrogen-bond acceptors (Lipinski definition) is 3. The number of carbonyl (C=O) groups excluding carboxylic acids is 2. The highest BCUT2D eigenvalue weighted by Gasteiger charge is 2.17. The number of benzene rings is 1. The van der Waals surface area contributed by atoms with Crippen LogP contribution >= 0.6 is 0 Å². The minimum absolute atomic E-state index is 0.142. The second-order valence-electron chi connectivity index (χ2n) is 3.96. The predicted molar refractivity (Wildman–Crippen MR) is 71.4 cm³/mol. The fourth-order valence-corrected chi connectivity index (χ4v) is 1.51. The zero-order chi connectivity index (χ0) is 15.1. The first-order valence-electron chi connectivity index (χ1n) is 5.91. The van der Waals surface area contributed by atoms with E-state index in [1.807, 2.05) is 0 Å². The summed E-state index contributed by atoms with van der Waals surface area (Å²) in [5, 5.41) is 13.5. The summed E-state index contributed by atoms with van der Waals surface area (Å²) in [4.78, 5) is 23.4. The van der Waals surface area contributed by atoms with Crippen molar-refractivity contribution in [3.63, 3.8) is 0 Å². The number of amides is 2. The molecule has 5 nitrogen and oxygen atoms in total. The lowest BCUT2D eigenvalue weighted by Crippen LogP contribution is -2.43. The Balaban J connectivity index is 3.00. The van der Waals surface area contributed by atoms with E-state index in [1.165, 1.54) is 20.0 Å². The number of hydrogen-bond donors (Lipinski definition) is 3.